The number of para-hydroxylation sites is 1. The van der Waals surface area contributed by atoms with Gasteiger partial charge in [-0.05, 0) is 37.9 Å². The second-order valence-electron chi connectivity index (χ2n) is 4.29. The molecule has 1 fully saturated rings. The molecule has 0 radical (unpaired) electrons. The summed E-state index contributed by atoms with van der Waals surface area (Å²) in [5, 5.41) is 4.19. The fourth-order valence-electron chi connectivity index (χ4n) is 1.90. The van der Waals surface area contributed by atoms with Gasteiger partial charge in [0.05, 0.1) is 5.02 Å². The molecule has 0 aromatic heterocycles. The Morgan fingerprint density at radius 1 is 1.38 bits per heavy atom. The summed E-state index contributed by atoms with van der Waals surface area (Å²) in [6, 6.07) is 8.29. The maximum absolute atomic E-state index is 6.03. The van der Waals surface area contributed by atoms with Gasteiger partial charge in [0.1, 0.15) is 11.9 Å². The number of ether oxygens (including phenoxy) is 1. The highest BCUT2D eigenvalue weighted by Gasteiger charge is 2.30. The van der Waals surface area contributed by atoms with Crippen LogP contribution in [0, 0.1) is 0 Å². The molecule has 0 saturated heterocycles. The van der Waals surface area contributed by atoms with Crippen LogP contribution < -0.4 is 10.1 Å². The van der Waals surface area contributed by atoms with Crippen LogP contribution in [0.15, 0.2) is 24.3 Å². The number of halogens is 1. The molecular formula is C13H18ClNO. The van der Waals surface area contributed by atoms with E-state index in [2.05, 4.69) is 12.2 Å². The quantitative estimate of drug-likeness (QED) is 0.852. The van der Waals surface area contributed by atoms with Crippen LogP contribution in [0.2, 0.25) is 5.02 Å². The lowest BCUT2D eigenvalue weighted by Gasteiger charge is -2.36. The van der Waals surface area contributed by atoms with Crippen molar-refractivity contribution in [3.63, 3.8) is 0 Å². The normalized spacial score (nSPS) is 23.9. The van der Waals surface area contributed by atoms with Gasteiger partial charge in [0.2, 0.25) is 0 Å². The van der Waals surface area contributed by atoms with Crippen molar-refractivity contribution in [2.45, 2.75) is 38.3 Å². The first-order valence-corrected chi connectivity index (χ1v) is 6.32. The zero-order valence-electron chi connectivity index (χ0n) is 9.58. The summed E-state index contributed by atoms with van der Waals surface area (Å²) in [4.78, 5) is 0. The molecule has 0 amide bonds. The fourth-order valence-corrected chi connectivity index (χ4v) is 2.08. The van der Waals surface area contributed by atoms with E-state index in [-0.39, 0.29) is 0 Å². The molecule has 0 atom stereocenters. The highest BCUT2D eigenvalue weighted by atomic mass is 35.5. The minimum atomic E-state index is 0.328. The third-order valence-electron chi connectivity index (χ3n) is 2.91. The zero-order chi connectivity index (χ0) is 11.4. The molecule has 1 N–H and O–H groups in total. The van der Waals surface area contributed by atoms with Crippen LogP contribution in [0.1, 0.15) is 26.2 Å². The minimum Gasteiger partial charge on any atom is -0.489 e. The number of nitrogens with one attached hydrogen (secondary N) is 1. The zero-order valence-corrected chi connectivity index (χ0v) is 10.3. The van der Waals surface area contributed by atoms with Gasteiger partial charge < -0.3 is 10.1 Å². The third-order valence-corrected chi connectivity index (χ3v) is 3.22. The molecule has 1 aromatic rings. The van der Waals surface area contributed by atoms with Crippen molar-refractivity contribution in [3.05, 3.63) is 29.3 Å². The van der Waals surface area contributed by atoms with E-state index in [1.807, 2.05) is 24.3 Å². The van der Waals surface area contributed by atoms with Crippen LogP contribution in [0.25, 0.3) is 0 Å². The van der Waals surface area contributed by atoms with Gasteiger partial charge in [-0.15, -0.1) is 0 Å². The molecule has 1 aliphatic carbocycles. The maximum atomic E-state index is 6.03. The molecule has 2 rings (SSSR count). The van der Waals surface area contributed by atoms with E-state index in [4.69, 9.17) is 16.3 Å². The average molecular weight is 240 g/mol. The largest absolute Gasteiger partial charge is 0.489 e. The van der Waals surface area contributed by atoms with E-state index in [0.717, 1.165) is 25.1 Å². The van der Waals surface area contributed by atoms with E-state index in [1.54, 1.807) is 0 Å². The van der Waals surface area contributed by atoms with Crippen molar-refractivity contribution in [3.8, 4) is 5.75 Å². The molecule has 0 heterocycles. The van der Waals surface area contributed by atoms with Gasteiger partial charge in [0, 0.05) is 6.04 Å². The van der Waals surface area contributed by atoms with Crippen molar-refractivity contribution in [2.24, 2.45) is 0 Å². The van der Waals surface area contributed by atoms with Crippen LogP contribution in [0.3, 0.4) is 0 Å². The fraction of sp³-hybridized carbons (Fsp3) is 0.538. The maximum Gasteiger partial charge on any atom is 0.138 e. The predicted molar refractivity (Wildman–Crippen MR) is 67.2 cm³/mol. The molecule has 0 unspecified atom stereocenters. The highest BCUT2D eigenvalue weighted by Crippen LogP contribution is 2.30. The molecule has 3 heteroatoms. The van der Waals surface area contributed by atoms with Crippen molar-refractivity contribution >= 4 is 11.6 Å². The van der Waals surface area contributed by atoms with E-state index < -0.39 is 0 Å². The molecule has 16 heavy (non-hydrogen) atoms. The Morgan fingerprint density at radius 2 is 2.12 bits per heavy atom. The molecule has 0 bridgehead atoms. The molecule has 1 aliphatic rings. The average Bonchev–Trinajstić information content (AvgIpc) is 2.24. The molecule has 1 aromatic carbocycles. The second-order valence-corrected chi connectivity index (χ2v) is 4.70. The Labute approximate surface area is 102 Å². The molecule has 1 saturated carbocycles. The lowest BCUT2D eigenvalue weighted by Crippen LogP contribution is -2.47. The Balaban J connectivity index is 1.75. The number of hydrogen-bond acceptors (Lipinski definition) is 2. The first kappa shape index (κ1) is 11.7. The van der Waals surface area contributed by atoms with E-state index in [0.29, 0.717) is 17.2 Å². The number of hydrogen-bond donors (Lipinski definition) is 1. The Morgan fingerprint density at radius 3 is 2.81 bits per heavy atom. The summed E-state index contributed by atoms with van der Waals surface area (Å²) >= 11 is 6.03. The molecule has 0 aliphatic heterocycles. The van der Waals surface area contributed by atoms with Gasteiger partial charge in [-0.1, -0.05) is 30.7 Å². The van der Waals surface area contributed by atoms with Crippen LogP contribution in [-0.2, 0) is 0 Å². The van der Waals surface area contributed by atoms with E-state index in [9.17, 15) is 0 Å². The first-order chi connectivity index (χ1) is 7.79. The topological polar surface area (TPSA) is 21.3 Å². The second kappa shape index (κ2) is 5.55. The smallest absolute Gasteiger partial charge is 0.138 e. The first-order valence-electron chi connectivity index (χ1n) is 5.94. The summed E-state index contributed by atoms with van der Waals surface area (Å²) < 4.78 is 5.82. The third kappa shape index (κ3) is 2.89. The Kier molecular flexibility index (Phi) is 4.08. The van der Waals surface area contributed by atoms with Gasteiger partial charge in [0.25, 0.3) is 0 Å². The lowest BCUT2D eigenvalue weighted by atomic mass is 9.89. The highest BCUT2D eigenvalue weighted by molar-refractivity contribution is 6.32. The van der Waals surface area contributed by atoms with E-state index >= 15 is 0 Å². The lowest BCUT2D eigenvalue weighted by molar-refractivity contribution is 0.0853. The van der Waals surface area contributed by atoms with Gasteiger partial charge >= 0.3 is 0 Å². The summed E-state index contributed by atoms with van der Waals surface area (Å²) in [7, 11) is 0. The van der Waals surface area contributed by atoms with Gasteiger partial charge in [0.15, 0.2) is 0 Å². The molecule has 88 valence electrons. The monoisotopic (exact) mass is 239 g/mol. The van der Waals surface area contributed by atoms with Crippen LogP contribution in [0.5, 0.6) is 5.75 Å². The van der Waals surface area contributed by atoms with Crippen LogP contribution in [0.4, 0.5) is 0 Å². The van der Waals surface area contributed by atoms with Crippen molar-refractivity contribution in [1.82, 2.24) is 5.32 Å². The van der Waals surface area contributed by atoms with Crippen LogP contribution in [-0.4, -0.2) is 18.7 Å². The van der Waals surface area contributed by atoms with Gasteiger partial charge in [-0.3, -0.25) is 0 Å². The standard InChI is InChI=1S/C13H18ClNO/c1-2-7-15-10-8-11(9-10)16-13-6-4-3-5-12(13)14/h3-6,10-11,15H,2,7-9H2,1H3. The summed E-state index contributed by atoms with van der Waals surface area (Å²) in [6.07, 6.45) is 3.69. The Bertz CT molecular complexity index is 336. The summed E-state index contributed by atoms with van der Waals surface area (Å²) in [6.45, 7) is 3.28. The van der Waals surface area contributed by atoms with Crippen LogP contribution >= 0.6 is 11.6 Å². The van der Waals surface area contributed by atoms with Gasteiger partial charge in [-0.25, -0.2) is 0 Å². The SMILES string of the molecule is CCCNC1CC(Oc2ccccc2Cl)C1. The van der Waals surface area contributed by atoms with E-state index in [1.165, 1.54) is 6.42 Å². The minimum absolute atomic E-state index is 0.328. The van der Waals surface area contributed by atoms with Crippen molar-refractivity contribution in [2.75, 3.05) is 6.54 Å². The number of rotatable bonds is 5. The van der Waals surface area contributed by atoms with Gasteiger partial charge in [-0.2, -0.15) is 0 Å². The number of benzene rings is 1. The predicted octanol–water partition coefficient (Wildman–Crippen LogP) is 3.25. The molecular weight excluding hydrogens is 222 g/mol. The summed E-state index contributed by atoms with van der Waals surface area (Å²) in [5.41, 5.74) is 0. The van der Waals surface area contributed by atoms with Crippen molar-refractivity contribution < 1.29 is 4.74 Å². The summed E-state index contributed by atoms with van der Waals surface area (Å²) in [5.74, 6) is 0.808. The van der Waals surface area contributed by atoms with Crippen molar-refractivity contribution in [1.29, 1.82) is 0 Å². The Hall–Kier alpha value is -0.730. The molecule has 0 spiro atoms. The molecule has 2 nitrogen and oxygen atoms in total.